The Morgan fingerprint density at radius 1 is 1.40 bits per heavy atom. The minimum atomic E-state index is 0.251. The molecule has 80 valence electrons. The molecular formula is C11H15N3S. The molecular weight excluding hydrogens is 206 g/mol. The lowest BCUT2D eigenvalue weighted by Gasteiger charge is -2.14. The minimum absolute atomic E-state index is 0.251. The summed E-state index contributed by atoms with van der Waals surface area (Å²) in [6.07, 6.45) is 3.62. The molecule has 1 N–H and O–H groups in total. The molecule has 0 saturated heterocycles. The van der Waals surface area contributed by atoms with Crippen LogP contribution in [0.15, 0.2) is 29.5 Å². The fourth-order valence-electron chi connectivity index (χ4n) is 1.36. The lowest BCUT2D eigenvalue weighted by molar-refractivity contribution is 0.740. The number of pyridine rings is 1. The van der Waals surface area contributed by atoms with Crippen LogP contribution in [0.2, 0.25) is 0 Å². The number of nitrogens with zero attached hydrogens (tertiary/aromatic N) is 2. The molecule has 0 fully saturated rings. The van der Waals surface area contributed by atoms with E-state index in [0.717, 1.165) is 18.3 Å². The zero-order chi connectivity index (χ0) is 10.7. The van der Waals surface area contributed by atoms with Crippen LogP contribution in [0.5, 0.6) is 0 Å². The van der Waals surface area contributed by atoms with E-state index in [1.54, 1.807) is 0 Å². The molecule has 2 heterocycles. The van der Waals surface area contributed by atoms with Gasteiger partial charge < -0.3 is 5.32 Å². The van der Waals surface area contributed by atoms with E-state index in [2.05, 4.69) is 29.1 Å². The van der Waals surface area contributed by atoms with E-state index >= 15 is 0 Å². The van der Waals surface area contributed by atoms with Crippen LogP contribution in [0.1, 0.15) is 19.4 Å². The maximum absolute atomic E-state index is 4.46. The van der Waals surface area contributed by atoms with Crippen LogP contribution >= 0.6 is 11.8 Å². The van der Waals surface area contributed by atoms with Gasteiger partial charge in [-0.3, -0.25) is 9.98 Å². The molecule has 1 aliphatic heterocycles. The largest absolute Gasteiger partial charge is 0.361 e. The quantitative estimate of drug-likeness (QED) is 0.830. The van der Waals surface area contributed by atoms with E-state index in [1.807, 2.05) is 36.3 Å². The van der Waals surface area contributed by atoms with E-state index in [1.165, 1.54) is 5.56 Å². The topological polar surface area (TPSA) is 37.3 Å². The van der Waals surface area contributed by atoms with Crippen molar-refractivity contribution in [3.05, 3.63) is 30.1 Å². The lowest BCUT2D eigenvalue weighted by Crippen LogP contribution is -2.21. The molecule has 0 unspecified atom stereocenters. The van der Waals surface area contributed by atoms with Gasteiger partial charge in [0, 0.05) is 23.7 Å². The number of aromatic nitrogens is 1. The highest BCUT2D eigenvalue weighted by molar-refractivity contribution is 8.15. The van der Waals surface area contributed by atoms with E-state index in [9.17, 15) is 0 Å². The minimum Gasteiger partial charge on any atom is -0.361 e. The fourth-order valence-corrected chi connectivity index (χ4v) is 2.28. The van der Waals surface area contributed by atoms with Gasteiger partial charge in [0.2, 0.25) is 0 Å². The first kappa shape index (κ1) is 10.5. The summed E-state index contributed by atoms with van der Waals surface area (Å²) >= 11 is 1.81. The molecule has 0 saturated carbocycles. The van der Waals surface area contributed by atoms with E-state index < -0.39 is 0 Å². The van der Waals surface area contributed by atoms with Crippen LogP contribution < -0.4 is 5.32 Å². The highest BCUT2D eigenvalue weighted by Gasteiger charge is 2.26. The van der Waals surface area contributed by atoms with Gasteiger partial charge in [0.15, 0.2) is 5.17 Å². The normalized spacial score (nSPS) is 18.7. The summed E-state index contributed by atoms with van der Waals surface area (Å²) in [5, 5.41) is 4.39. The van der Waals surface area contributed by atoms with Crippen LogP contribution in [0.25, 0.3) is 0 Å². The summed E-state index contributed by atoms with van der Waals surface area (Å²) in [6, 6.07) is 4.02. The van der Waals surface area contributed by atoms with Crippen LogP contribution in [0.4, 0.5) is 0 Å². The Kier molecular flexibility index (Phi) is 2.95. The number of rotatable bonds is 2. The van der Waals surface area contributed by atoms with Crippen molar-refractivity contribution in [3.8, 4) is 0 Å². The molecule has 2 rings (SSSR count). The summed E-state index contributed by atoms with van der Waals surface area (Å²) < 4.78 is 0.251. The van der Waals surface area contributed by atoms with Crippen molar-refractivity contribution in [2.45, 2.75) is 25.1 Å². The molecule has 0 amide bonds. The third-order valence-corrected chi connectivity index (χ3v) is 3.32. The number of thioether (sulfide) groups is 1. The van der Waals surface area contributed by atoms with Crippen molar-refractivity contribution in [2.24, 2.45) is 4.99 Å². The van der Waals surface area contributed by atoms with E-state index in [4.69, 9.17) is 0 Å². The Balaban J connectivity index is 1.85. The Morgan fingerprint density at radius 2 is 2.13 bits per heavy atom. The van der Waals surface area contributed by atoms with E-state index in [0.29, 0.717) is 0 Å². The maximum atomic E-state index is 4.46. The molecule has 0 aliphatic carbocycles. The number of aliphatic imine (C=N–C) groups is 1. The predicted molar refractivity (Wildman–Crippen MR) is 65.0 cm³/mol. The van der Waals surface area contributed by atoms with Crippen LogP contribution in [0, 0.1) is 0 Å². The molecule has 4 heteroatoms. The lowest BCUT2D eigenvalue weighted by atomic mass is 10.2. The molecule has 0 bridgehead atoms. The van der Waals surface area contributed by atoms with Gasteiger partial charge in [-0.1, -0.05) is 11.8 Å². The first-order valence-corrected chi connectivity index (χ1v) is 5.84. The zero-order valence-electron chi connectivity index (χ0n) is 9.03. The van der Waals surface area contributed by atoms with Gasteiger partial charge in [0.1, 0.15) is 0 Å². The molecule has 0 aromatic carbocycles. The van der Waals surface area contributed by atoms with Gasteiger partial charge in [0.05, 0.1) is 6.54 Å². The first-order chi connectivity index (χ1) is 7.16. The van der Waals surface area contributed by atoms with Crippen molar-refractivity contribution in [1.82, 2.24) is 10.3 Å². The zero-order valence-corrected chi connectivity index (χ0v) is 9.84. The van der Waals surface area contributed by atoms with Crippen molar-refractivity contribution in [1.29, 1.82) is 0 Å². The standard InChI is InChI=1S/C11H15N3S/c1-11(2)8-14-10(15-11)13-7-9-3-5-12-6-4-9/h3-6H,7-8H2,1-2H3,(H,13,14). The monoisotopic (exact) mass is 221 g/mol. The smallest absolute Gasteiger partial charge is 0.157 e. The molecule has 3 nitrogen and oxygen atoms in total. The Hall–Kier alpha value is -1.03. The first-order valence-electron chi connectivity index (χ1n) is 5.02. The number of nitrogens with one attached hydrogen (secondary N) is 1. The third kappa shape index (κ3) is 2.96. The van der Waals surface area contributed by atoms with Gasteiger partial charge in [0.25, 0.3) is 0 Å². The Bertz CT molecular complexity index is 359. The van der Waals surface area contributed by atoms with Gasteiger partial charge in [-0.15, -0.1) is 0 Å². The van der Waals surface area contributed by atoms with Gasteiger partial charge in [-0.25, -0.2) is 0 Å². The molecule has 1 aromatic rings. The van der Waals surface area contributed by atoms with Gasteiger partial charge >= 0.3 is 0 Å². The van der Waals surface area contributed by atoms with Crippen LogP contribution in [0.3, 0.4) is 0 Å². The van der Waals surface area contributed by atoms with E-state index in [-0.39, 0.29) is 4.75 Å². The summed E-state index contributed by atoms with van der Waals surface area (Å²) in [4.78, 5) is 8.44. The highest BCUT2D eigenvalue weighted by atomic mass is 32.2. The number of hydrogen-bond donors (Lipinski definition) is 1. The van der Waals surface area contributed by atoms with Crippen molar-refractivity contribution >= 4 is 16.9 Å². The second kappa shape index (κ2) is 4.23. The molecule has 0 radical (unpaired) electrons. The van der Waals surface area contributed by atoms with Gasteiger partial charge in [-0.05, 0) is 31.5 Å². The van der Waals surface area contributed by atoms with Crippen LogP contribution in [-0.4, -0.2) is 21.4 Å². The summed E-state index contributed by atoms with van der Waals surface area (Å²) in [7, 11) is 0. The number of hydrogen-bond acceptors (Lipinski definition) is 4. The van der Waals surface area contributed by atoms with Crippen molar-refractivity contribution in [3.63, 3.8) is 0 Å². The maximum Gasteiger partial charge on any atom is 0.157 e. The van der Waals surface area contributed by atoms with Crippen molar-refractivity contribution in [2.75, 3.05) is 6.54 Å². The Labute approximate surface area is 94.4 Å². The average Bonchev–Trinajstić information content (AvgIpc) is 2.57. The summed E-state index contributed by atoms with van der Waals surface area (Å²) in [5.74, 6) is 0. The average molecular weight is 221 g/mol. The fraction of sp³-hybridized carbons (Fsp3) is 0.455. The van der Waals surface area contributed by atoms with Gasteiger partial charge in [-0.2, -0.15) is 0 Å². The third-order valence-electron chi connectivity index (χ3n) is 2.17. The predicted octanol–water partition coefficient (Wildman–Crippen LogP) is 2.05. The highest BCUT2D eigenvalue weighted by Crippen LogP contribution is 2.30. The Morgan fingerprint density at radius 3 is 2.73 bits per heavy atom. The SMILES string of the molecule is CC1(C)CN=C(NCc2ccncc2)S1. The summed E-state index contributed by atoms with van der Waals surface area (Å²) in [5.41, 5.74) is 1.23. The second-order valence-corrected chi connectivity index (χ2v) is 5.89. The molecule has 15 heavy (non-hydrogen) atoms. The molecule has 0 atom stereocenters. The number of amidine groups is 1. The van der Waals surface area contributed by atoms with Crippen molar-refractivity contribution < 1.29 is 0 Å². The molecule has 1 aliphatic rings. The summed E-state index contributed by atoms with van der Waals surface area (Å²) in [6.45, 7) is 6.14. The molecule has 0 spiro atoms. The molecule has 1 aromatic heterocycles. The van der Waals surface area contributed by atoms with Crippen LogP contribution in [-0.2, 0) is 6.54 Å². The second-order valence-electron chi connectivity index (χ2n) is 4.19.